The van der Waals surface area contributed by atoms with Crippen molar-refractivity contribution in [3.05, 3.63) is 36.0 Å². The van der Waals surface area contributed by atoms with E-state index in [0.29, 0.717) is 41.4 Å². The van der Waals surface area contributed by atoms with Crippen LogP contribution in [0.25, 0.3) is 10.7 Å². The molecule has 0 bridgehead atoms. The van der Waals surface area contributed by atoms with Crippen molar-refractivity contribution in [1.29, 1.82) is 0 Å². The van der Waals surface area contributed by atoms with Crippen LogP contribution in [0, 0.1) is 0 Å². The molecule has 1 fully saturated rings. The number of aromatic nitrogens is 4. The minimum absolute atomic E-state index is 0.0524. The minimum Gasteiger partial charge on any atom is -0.424 e. The third-order valence-corrected chi connectivity index (χ3v) is 5.75. The van der Waals surface area contributed by atoms with Gasteiger partial charge < -0.3 is 25.0 Å². The van der Waals surface area contributed by atoms with Crippen LogP contribution < -0.4 is 15.4 Å². The Balaban J connectivity index is 1.67. The number of carbonyl (C=O) groups excluding carboxylic acids is 1. The van der Waals surface area contributed by atoms with Gasteiger partial charge in [0.05, 0.1) is 29.8 Å². The molecule has 3 aromatic rings. The van der Waals surface area contributed by atoms with Crippen LogP contribution in [0.2, 0.25) is 0 Å². The first-order valence-corrected chi connectivity index (χ1v) is 11.0. The van der Waals surface area contributed by atoms with Crippen LogP contribution >= 0.6 is 11.3 Å². The summed E-state index contributed by atoms with van der Waals surface area (Å²) in [7, 11) is 3.42. The van der Waals surface area contributed by atoms with Crippen molar-refractivity contribution in [2.75, 3.05) is 37.9 Å². The first-order valence-electron chi connectivity index (χ1n) is 10.2. The van der Waals surface area contributed by atoms with Gasteiger partial charge in [-0.25, -0.2) is 4.98 Å². The fourth-order valence-corrected chi connectivity index (χ4v) is 3.85. The standard InChI is InChI=1S/C21H25N7O3S/c1-12-11-30-13(2)10-28(12)20-24-17(16-9-23-19(22)32-16)25-21(26-20)31-15-7-5-14(6-8-15)18(29)27(3)4/h5-9,12-13H,10-11H2,1-4H3,(H2,22,23)/t12-,13+/m0/s1. The molecule has 1 aliphatic rings. The van der Waals surface area contributed by atoms with E-state index in [1.54, 1.807) is 44.6 Å². The SMILES string of the molecule is C[C@@H]1CN(c2nc(Oc3ccc(C(=O)N(C)C)cc3)nc(-c3cnc(N)s3)n2)[C@@H](C)CO1. The van der Waals surface area contributed by atoms with E-state index < -0.39 is 0 Å². The highest BCUT2D eigenvalue weighted by Crippen LogP contribution is 2.29. The zero-order valence-corrected chi connectivity index (χ0v) is 19.2. The molecule has 0 spiro atoms. The lowest BCUT2D eigenvalue weighted by molar-refractivity contribution is 0.0336. The Kier molecular flexibility index (Phi) is 6.19. The highest BCUT2D eigenvalue weighted by molar-refractivity contribution is 7.18. The number of rotatable bonds is 5. The zero-order valence-electron chi connectivity index (χ0n) is 18.3. The summed E-state index contributed by atoms with van der Waals surface area (Å²) in [6.45, 7) is 5.30. The Morgan fingerprint density at radius 2 is 1.97 bits per heavy atom. The van der Waals surface area contributed by atoms with Gasteiger partial charge in [-0.3, -0.25) is 4.79 Å². The number of thiazole rings is 1. The van der Waals surface area contributed by atoms with Crippen molar-refractivity contribution < 1.29 is 14.3 Å². The van der Waals surface area contributed by atoms with E-state index in [9.17, 15) is 4.79 Å². The van der Waals surface area contributed by atoms with Gasteiger partial charge in [0.15, 0.2) is 11.0 Å². The average molecular weight is 456 g/mol. The topological polar surface area (TPSA) is 120 Å². The molecule has 11 heteroatoms. The van der Waals surface area contributed by atoms with Crippen LogP contribution in [0.5, 0.6) is 11.8 Å². The molecule has 1 aliphatic heterocycles. The fourth-order valence-electron chi connectivity index (χ4n) is 3.23. The summed E-state index contributed by atoms with van der Waals surface area (Å²) in [5.41, 5.74) is 6.37. The van der Waals surface area contributed by atoms with Crippen molar-refractivity contribution in [3.8, 4) is 22.5 Å². The smallest absolute Gasteiger partial charge is 0.327 e. The Morgan fingerprint density at radius 3 is 2.62 bits per heavy atom. The number of ether oxygens (including phenoxy) is 2. The molecule has 2 atom stereocenters. The van der Waals surface area contributed by atoms with E-state index in [-0.39, 0.29) is 24.1 Å². The van der Waals surface area contributed by atoms with Gasteiger partial charge in [0.25, 0.3) is 5.91 Å². The number of carbonyl (C=O) groups is 1. The number of nitrogens with two attached hydrogens (primary N) is 1. The molecule has 0 unspecified atom stereocenters. The third-order valence-electron chi connectivity index (χ3n) is 4.93. The van der Waals surface area contributed by atoms with Crippen molar-refractivity contribution in [2.45, 2.75) is 26.0 Å². The van der Waals surface area contributed by atoms with Gasteiger partial charge in [0.1, 0.15) is 5.75 Å². The second kappa shape index (κ2) is 9.05. The summed E-state index contributed by atoms with van der Waals surface area (Å²) in [5, 5.41) is 0.430. The second-order valence-electron chi connectivity index (χ2n) is 7.78. The number of nitrogens with zero attached hydrogens (tertiary/aromatic N) is 6. The number of benzene rings is 1. The lowest BCUT2D eigenvalue weighted by Crippen LogP contribution is -2.48. The predicted molar refractivity (Wildman–Crippen MR) is 122 cm³/mol. The normalized spacial score (nSPS) is 18.4. The Hall–Kier alpha value is -3.31. The lowest BCUT2D eigenvalue weighted by atomic mass is 10.2. The van der Waals surface area contributed by atoms with E-state index in [4.69, 9.17) is 15.2 Å². The molecule has 4 rings (SSSR count). The molecule has 0 saturated carbocycles. The van der Waals surface area contributed by atoms with Gasteiger partial charge in [0, 0.05) is 26.2 Å². The minimum atomic E-state index is -0.0838. The van der Waals surface area contributed by atoms with Crippen LogP contribution in [0.3, 0.4) is 0 Å². The monoisotopic (exact) mass is 455 g/mol. The van der Waals surface area contributed by atoms with Gasteiger partial charge in [0.2, 0.25) is 5.95 Å². The molecule has 10 nitrogen and oxygen atoms in total. The van der Waals surface area contributed by atoms with Crippen molar-refractivity contribution in [3.63, 3.8) is 0 Å². The molecule has 1 saturated heterocycles. The summed E-state index contributed by atoms with van der Waals surface area (Å²) in [6.07, 6.45) is 1.69. The molecule has 168 valence electrons. The van der Waals surface area contributed by atoms with Crippen LogP contribution in [0.4, 0.5) is 11.1 Å². The highest BCUT2D eigenvalue weighted by atomic mass is 32.1. The molecular formula is C21H25N7O3S. The summed E-state index contributed by atoms with van der Waals surface area (Å²) in [4.78, 5) is 34.2. The van der Waals surface area contributed by atoms with E-state index in [1.165, 1.54) is 16.2 Å². The number of nitrogen functional groups attached to an aromatic ring is 1. The Bertz CT molecular complexity index is 1100. The Morgan fingerprint density at radius 1 is 1.22 bits per heavy atom. The lowest BCUT2D eigenvalue weighted by Gasteiger charge is -2.36. The summed E-state index contributed by atoms with van der Waals surface area (Å²) < 4.78 is 11.7. The molecule has 3 heterocycles. The van der Waals surface area contributed by atoms with Gasteiger partial charge in [-0.15, -0.1) is 0 Å². The zero-order chi connectivity index (χ0) is 22.8. The van der Waals surface area contributed by atoms with E-state index in [2.05, 4.69) is 31.8 Å². The first kappa shape index (κ1) is 21.9. The maximum Gasteiger partial charge on any atom is 0.327 e. The number of morpholine rings is 1. The number of amides is 1. The van der Waals surface area contributed by atoms with Crippen molar-refractivity contribution >= 4 is 28.3 Å². The predicted octanol–water partition coefficient (Wildman–Crippen LogP) is 2.69. The molecule has 0 radical (unpaired) electrons. The largest absolute Gasteiger partial charge is 0.424 e. The molecular weight excluding hydrogens is 430 g/mol. The van der Waals surface area contributed by atoms with E-state index in [1.807, 2.05) is 6.92 Å². The van der Waals surface area contributed by atoms with E-state index >= 15 is 0 Å². The maximum absolute atomic E-state index is 12.1. The third kappa shape index (κ3) is 4.78. The van der Waals surface area contributed by atoms with Gasteiger partial charge >= 0.3 is 6.01 Å². The molecule has 2 N–H and O–H groups in total. The number of hydrogen-bond acceptors (Lipinski definition) is 10. The molecule has 2 aromatic heterocycles. The molecule has 32 heavy (non-hydrogen) atoms. The van der Waals surface area contributed by atoms with Crippen LogP contribution in [0.1, 0.15) is 24.2 Å². The molecule has 1 amide bonds. The summed E-state index contributed by atoms with van der Waals surface area (Å²) >= 11 is 1.29. The number of anilines is 2. The highest BCUT2D eigenvalue weighted by Gasteiger charge is 2.27. The van der Waals surface area contributed by atoms with E-state index in [0.717, 1.165) is 4.88 Å². The van der Waals surface area contributed by atoms with Crippen molar-refractivity contribution in [2.24, 2.45) is 0 Å². The van der Waals surface area contributed by atoms with Gasteiger partial charge in [-0.1, -0.05) is 11.3 Å². The quantitative estimate of drug-likeness (QED) is 0.619. The maximum atomic E-state index is 12.1. The molecule has 0 aliphatic carbocycles. The summed E-state index contributed by atoms with van der Waals surface area (Å²) in [5.74, 6) is 1.36. The summed E-state index contributed by atoms with van der Waals surface area (Å²) in [6, 6.07) is 7.08. The second-order valence-corrected chi connectivity index (χ2v) is 8.84. The van der Waals surface area contributed by atoms with Crippen LogP contribution in [0.15, 0.2) is 30.5 Å². The number of hydrogen-bond donors (Lipinski definition) is 1. The van der Waals surface area contributed by atoms with Crippen LogP contribution in [-0.2, 0) is 4.74 Å². The van der Waals surface area contributed by atoms with Crippen LogP contribution in [-0.4, -0.2) is 70.1 Å². The first-order chi connectivity index (χ1) is 15.3. The average Bonchev–Trinajstić information content (AvgIpc) is 3.21. The van der Waals surface area contributed by atoms with Crippen molar-refractivity contribution in [1.82, 2.24) is 24.8 Å². The fraction of sp³-hybridized carbons (Fsp3) is 0.381. The van der Waals surface area contributed by atoms with Gasteiger partial charge in [-0.05, 0) is 38.1 Å². The Labute approximate surface area is 190 Å². The molecule has 1 aromatic carbocycles. The van der Waals surface area contributed by atoms with Gasteiger partial charge in [-0.2, -0.15) is 15.0 Å².